The predicted octanol–water partition coefficient (Wildman–Crippen LogP) is 2.87. The van der Waals surface area contributed by atoms with Gasteiger partial charge in [0.05, 0.1) is 0 Å². The second kappa shape index (κ2) is 4.26. The first-order valence-corrected chi connectivity index (χ1v) is 6.02. The summed E-state index contributed by atoms with van der Waals surface area (Å²) in [5.41, 5.74) is 0.00433. The molecule has 0 radical (unpaired) electrons. The third kappa shape index (κ3) is 2.57. The second-order valence-electron chi connectivity index (χ2n) is 6.85. The van der Waals surface area contributed by atoms with Crippen LogP contribution in [0.1, 0.15) is 41.5 Å². The van der Waals surface area contributed by atoms with Crippen molar-refractivity contribution in [3.05, 3.63) is 0 Å². The number of nitrogens with zero attached hydrogens (tertiary/aromatic N) is 1. The van der Waals surface area contributed by atoms with Crippen molar-refractivity contribution >= 4 is 0 Å². The van der Waals surface area contributed by atoms with Crippen molar-refractivity contribution in [1.82, 2.24) is 4.90 Å². The average Bonchev–Trinajstić information content (AvgIpc) is 2.40. The third-order valence-corrected chi connectivity index (χ3v) is 3.40. The smallest absolute Gasteiger partial charge is 0.140 e. The number of halogens is 1. The fourth-order valence-corrected chi connectivity index (χ4v) is 2.71. The van der Waals surface area contributed by atoms with Crippen molar-refractivity contribution in [1.29, 1.82) is 0 Å². The van der Waals surface area contributed by atoms with E-state index >= 15 is 0 Å². The van der Waals surface area contributed by atoms with E-state index in [1.807, 2.05) is 0 Å². The van der Waals surface area contributed by atoms with Crippen molar-refractivity contribution < 1.29 is 9.13 Å². The van der Waals surface area contributed by atoms with Crippen LogP contribution < -0.4 is 0 Å². The molecule has 96 valence electrons. The molecule has 1 heterocycles. The zero-order valence-electron chi connectivity index (χ0n) is 11.7. The van der Waals surface area contributed by atoms with E-state index in [-0.39, 0.29) is 23.1 Å². The van der Waals surface area contributed by atoms with Gasteiger partial charge in [-0.25, -0.2) is 4.39 Å². The first-order valence-electron chi connectivity index (χ1n) is 6.02. The minimum Gasteiger partial charge on any atom is -0.377 e. The Morgan fingerprint density at radius 1 is 1.12 bits per heavy atom. The zero-order valence-corrected chi connectivity index (χ0v) is 11.7. The number of rotatable bonds is 1. The van der Waals surface area contributed by atoms with E-state index in [9.17, 15) is 4.39 Å². The van der Waals surface area contributed by atoms with Crippen LogP contribution in [0.2, 0.25) is 0 Å². The lowest BCUT2D eigenvalue weighted by molar-refractivity contribution is -0.0257. The topological polar surface area (TPSA) is 12.5 Å². The molecule has 2 nitrogen and oxygen atoms in total. The maximum Gasteiger partial charge on any atom is 0.140 e. The molecule has 0 aromatic carbocycles. The minimum atomic E-state index is -0.881. The van der Waals surface area contributed by atoms with Crippen molar-refractivity contribution in [2.45, 2.75) is 65.4 Å². The van der Waals surface area contributed by atoms with Gasteiger partial charge in [-0.15, -0.1) is 0 Å². The van der Waals surface area contributed by atoms with Crippen LogP contribution in [-0.4, -0.2) is 42.4 Å². The van der Waals surface area contributed by atoms with Crippen molar-refractivity contribution in [3.8, 4) is 0 Å². The molecule has 3 heteroatoms. The van der Waals surface area contributed by atoms with Crippen LogP contribution in [0, 0.1) is 5.41 Å². The molecule has 0 aliphatic carbocycles. The molecule has 0 aromatic heterocycles. The molecule has 1 fully saturated rings. The van der Waals surface area contributed by atoms with Gasteiger partial charge in [0.15, 0.2) is 0 Å². The van der Waals surface area contributed by atoms with Crippen LogP contribution in [0.4, 0.5) is 4.39 Å². The number of alkyl halides is 1. The summed E-state index contributed by atoms with van der Waals surface area (Å²) in [5.74, 6) is 0. The Hall–Kier alpha value is -0.150. The molecule has 0 amide bonds. The van der Waals surface area contributed by atoms with Gasteiger partial charge in [-0.05, 0) is 26.2 Å². The van der Waals surface area contributed by atoms with Gasteiger partial charge in [0.25, 0.3) is 0 Å². The van der Waals surface area contributed by atoms with Crippen LogP contribution in [0.25, 0.3) is 0 Å². The van der Waals surface area contributed by atoms with E-state index < -0.39 is 6.17 Å². The van der Waals surface area contributed by atoms with Gasteiger partial charge in [-0.1, -0.05) is 20.8 Å². The highest BCUT2D eigenvalue weighted by Crippen LogP contribution is 2.39. The summed E-state index contributed by atoms with van der Waals surface area (Å²) >= 11 is 0. The summed E-state index contributed by atoms with van der Waals surface area (Å²) in [6, 6.07) is 0.132. The molecule has 1 rings (SSSR count). The Morgan fingerprint density at radius 2 is 1.62 bits per heavy atom. The summed E-state index contributed by atoms with van der Waals surface area (Å²) in [7, 11) is 1.61. The van der Waals surface area contributed by atoms with Crippen LogP contribution in [0.15, 0.2) is 0 Å². The molecule has 0 saturated carbocycles. The van der Waals surface area contributed by atoms with Gasteiger partial charge >= 0.3 is 0 Å². The fraction of sp³-hybridized carbons (Fsp3) is 1.00. The average molecular weight is 231 g/mol. The molecule has 1 aliphatic rings. The molecule has 0 spiro atoms. The summed E-state index contributed by atoms with van der Waals surface area (Å²) in [6.07, 6.45) is -1.19. The fourth-order valence-electron chi connectivity index (χ4n) is 2.71. The SMILES string of the molecule is CO[C@H]1[C@@H](C(C)(C)C)N(C(C)(C)C)C[C@@H]1F. The van der Waals surface area contributed by atoms with Crippen molar-refractivity contribution in [3.63, 3.8) is 0 Å². The number of likely N-dealkylation sites (tertiary alicyclic amines) is 1. The molecule has 0 N–H and O–H groups in total. The Balaban J connectivity index is 3.03. The maximum absolute atomic E-state index is 14.0. The summed E-state index contributed by atoms with van der Waals surface area (Å²) < 4.78 is 19.4. The zero-order chi connectivity index (χ0) is 12.7. The van der Waals surface area contributed by atoms with Crippen LogP contribution in [0.5, 0.6) is 0 Å². The maximum atomic E-state index is 14.0. The largest absolute Gasteiger partial charge is 0.377 e. The summed E-state index contributed by atoms with van der Waals surface area (Å²) in [4.78, 5) is 2.24. The lowest BCUT2D eigenvalue weighted by atomic mass is 9.82. The number of hydrogen-bond acceptors (Lipinski definition) is 2. The number of methoxy groups -OCH3 is 1. The molecule has 0 bridgehead atoms. The monoisotopic (exact) mass is 231 g/mol. The third-order valence-electron chi connectivity index (χ3n) is 3.40. The highest BCUT2D eigenvalue weighted by molar-refractivity contribution is 5.03. The molecule has 16 heavy (non-hydrogen) atoms. The molecule has 1 saturated heterocycles. The van der Waals surface area contributed by atoms with Gasteiger partial charge in [-0.3, -0.25) is 4.90 Å². The lowest BCUT2D eigenvalue weighted by Crippen LogP contribution is -2.53. The summed E-state index contributed by atoms with van der Waals surface area (Å²) in [5, 5.41) is 0. The van der Waals surface area contributed by atoms with Crippen LogP contribution in [-0.2, 0) is 4.74 Å². The minimum absolute atomic E-state index is 0.0183. The Morgan fingerprint density at radius 3 is 1.94 bits per heavy atom. The predicted molar refractivity (Wildman–Crippen MR) is 65.4 cm³/mol. The lowest BCUT2D eigenvalue weighted by Gasteiger charge is -2.44. The first-order chi connectivity index (χ1) is 7.09. The molecule has 0 unspecified atom stereocenters. The highest BCUT2D eigenvalue weighted by Gasteiger charge is 2.51. The molecule has 0 aromatic rings. The first kappa shape index (κ1) is 13.9. The highest BCUT2D eigenvalue weighted by atomic mass is 19.1. The normalized spacial score (nSPS) is 33.4. The molecular formula is C13H26FNO. The van der Waals surface area contributed by atoms with Gasteiger partial charge in [0.2, 0.25) is 0 Å². The van der Waals surface area contributed by atoms with Crippen molar-refractivity contribution in [2.24, 2.45) is 5.41 Å². The number of hydrogen-bond donors (Lipinski definition) is 0. The molecule has 3 atom stereocenters. The Kier molecular flexibility index (Phi) is 3.71. The summed E-state index contributed by atoms with van der Waals surface area (Å²) in [6.45, 7) is 13.3. The molecular weight excluding hydrogens is 205 g/mol. The second-order valence-corrected chi connectivity index (χ2v) is 6.85. The van der Waals surface area contributed by atoms with E-state index in [0.29, 0.717) is 6.54 Å². The van der Waals surface area contributed by atoms with Crippen LogP contribution >= 0.6 is 0 Å². The van der Waals surface area contributed by atoms with E-state index in [1.54, 1.807) is 7.11 Å². The van der Waals surface area contributed by atoms with E-state index in [0.717, 1.165) is 0 Å². The Labute approximate surface area is 99.2 Å². The van der Waals surface area contributed by atoms with Crippen molar-refractivity contribution in [2.75, 3.05) is 13.7 Å². The standard InChI is InChI=1S/C13H26FNO/c1-12(2,3)11-10(16-7)9(14)8-15(11)13(4,5)6/h9-11H,8H2,1-7H3/t9-,10+,11-/m0/s1. The van der Waals surface area contributed by atoms with E-state index in [2.05, 4.69) is 46.4 Å². The van der Waals surface area contributed by atoms with Gasteiger partial charge < -0.3 is 4.74 Å². The molecule has 1 aliphatic heterocycles. The Bertz CT molecular complexity index is 241. The van der Waals surface area contributed by atoms with Gasteiger partial charge in [0.1, 0.15) is 12.3 Å². The van der Waals surface area contributed by atoms with E-state index in [4.69, 9.17) is 4.74 Å². The number of ether oxygens (including phenoxy) is 1. The van der Waals surface area contributed by atoms with Gasteiger partial charge in [-0.2, -0.15) is 0 Å². The van der Waals surface area contributed by atoms with E-state index in [1.165, 1.54) is 0 Å². The van der Waals surface area contributed by atoms with Gasteiger partial charge in [0, 0.05) is 25.2 Å². The van der Waals surface area contributed by atoms with Crippen LogP contribution in [0.3, 0.4) is 0 Å². The quantitative estimate of drug-likeness (QED) is 0.688.